The van der Waals surface area contributed by atoms with E-state index in [-0.39, 0.29) is 11.3 Å². The molecule has 0 aliphatic carbocycles. The number of hydrogen-bond acceptors (Lipinski definition) is 11. The molecule has 0 amide bonds. The number of carbonyl (C=O) groups excluding carboxylic acids is 3. The van der Waals surface area contributed by atoms with Gasteiger partial charge in [0.2, 0.25) is 17.5 Å². The number of ether oxygens (including phenoxy) is 3. The molecule has 0 saturated heterocycles. The molecule has 13 heteroatoms. The van der Waals surface area contributed by atoms with Crippen molar-refractivity contribution in [3.63, 3.8) is 0 Å². The summed E-state index contributed by atoms with van der Waals surface area (Å²) in [5, 5.41) is 12.6. The number of carbonyl (C=O) groups is 4. The second-order valence-corrected chi connectivity index (χ2v) is 7.54. The molecule has 39 heavy (non-hydrogen) atoms. The van der Waals surface area contributed by atoms with E-state index in [0.717, 1.165) is 11.3 Å². The van der Waals surface area contributed by atoms with E-state index in [0.29, 0.717) is 17.5 Å². The lowest BCUT2D eigenvalue weighted by Gasteiger charge is -2.07. The molecule has 0 atom stereocenters. The molecule has 13 nitrogen and oxygen atoms in total. The Morgan fingerprint density at radius 1 is 0.897 bits per heavy atom. The average molecular weight is 533 g/mol. The van der Waals surface area contributed by atoms with Gasteiger partial charge in [0.1, 0.15) is 0 Å². The number of esters is 1. The van der Waals surface area contributed by atoms with Gasteiger partial charge in [-0.05, 0) is 30.3 Å². The Morgan fingerprint density at radius 2 is 1.59 bits per heavy atom. The Kier molecular flexibility index (Phi) is 9.51. The van der Waals surface area contributed by atoms with Gasteiger partial charge in [-0.25, -0.2) is 24.2 Å². The first-order chi connectivity index (χ1) is 18.8. The third-order valence-corrected chi connectivity index (χ3v) is 5.06. The number of carboxylic acid groups (broad SMARTS) is 1. The molecule has 0 aromatic carbocycles. The molecule has 0 saturated carbocycles. The van der Waals surface area contributed by atoms with E-state index in [4.69, 9.17) is 19.3 Å². The normalized spacial score (nSPS) is 10.0. The van der Waals surface area contributed by atoms with Crippen LogP contribution in [0.2, 0.25) is 0 Å². The third kappa shape index (κ3) is 7.29. The van der Waals surface area contributed by atoms with Gasteiger partial charge in [0.15, 0.2) is 11.5 Å². The number of carboxylic acids is 1. The molecule has 0 aliphatic rings. The number of nitrogens with zero attached hydrogens (tertiary/aromatic N) is 5. The highest BCUT2D eigenvalue weighted by Gasteiger charge is 2.19. The fraction of sp³-hybridized carbons (Fsp3) is 0.154. The number of aliphatic carboxylic acids is 1. The standard InChI is InChI=1S/C16H14N4O3.C10H9NO5/c1-22-15-6-5-11(9-18-15)14-8-13(16(21)23-2)19-20(14)12-4-3-7-17-10-12;1-16-9-3-2-6(5-11-9)7(12)4-8(13)10(14)15/h3-10H,1-2H3;2-3,5H,4H2,1H3,(H,14,15). The van der Waals surface area contributed by atoms with Gasteiger partial charge in [0, 0.05) is 41.9 Å². The van der Waals surface area contributed by atoms with E-state index in [1.807, 2.05) is 12.1 Å². The number of pyridine rings is 3. The zero-order chi connectivity index (χ0) is 28.4. The van der Waals surface area contributed by atoms with Gasteiger partial charge in [-0.15, -0.1) is 0 Å². The van der Waals surface area contributed by atoms with Crippen LogP contribution in [0.3, 0.4) is 0 Å². The maximum atomic E-state index is 11.8. The van der Waals surface area contributed by atoms with Crippen LogP contribution in [0.25, 0.3) is 16.9 Å². The molecule has 0 unspecified atom stereocenters. The molecule has 1 N–H and O–H groups in total. The van der Waals surface area contributed by atoms with E-state index in [1.165, 1.54) is 32.5 Å². The summed E-state index contributed by atoms with van der Waals surface area (Å²) in [5.74, 6) is -3.00. The van der Waals surface area contributed by atoms with E-state index >= 15 is 0 Å². The van der Waals surface area contributed by atoms with Crippen molar-refractivity contribution in [3.05, 3.63) is 78.5 Å². The van der Waals surface area contributed by atoms with E-state index in [1.54, 1.807) is 48.6 Å². The number of hydrogen-bond donors (Lipinski definition) is 1. The van der Waals surface area contributed by atoms with E-state index in [9.17, 15) is 19.2 Å². The van der Waals surface area contributed by atoms with Gasteiger partial charge in [-0.3, -0.25) is 14.6 Å². The predicted molar refractivity (Wildman–Crippen MR) is 135 cm³/mol. The van der Waals surface area contributed by atoms with Crippen LogP contribution in [0, 0.1) is 0 Å². The monoisotopic (exact) mass is 533 g/mol. The molecule has 4 aromatic rings. The lowest BCUT2D eigenvalue weighted by molar-refractivity contribution is -0.148. The smallest absolute Gasteiger partial charge is 0.372 e. The number of Topliss-reactive ketones (excluding diaryl/α,β-unsaturated/α-hetero) is 2. The molecule has 0 fully saturated rings. The summed E-state index contributed by atoms with van der Waals surface area (Å²) in [6.45, 7) is 0. The summed E-state index contributed by atoms with van der Waals surface area (Å²) in [4.78, 5) is 56.2. The Morgan fingerprint density at radius 3 is 2.10 bits per heavy atom. The number of aromatic nitrogens is 5. The van der Waals surface area contributed by atoms with Crippen molar-refractivity contribution in [1.29, 1.82) is 0 Å². The molecule has 4 aromatic heterocycles. The van der Waals surface area contributed by atoms with Crippen LogP contribution in [0.4, 0.5) is 0 Å². The minimum atomic E-state index is -1.62. The van der Waals surface area contributed by atoms with Gasteiger partial charge in [0.25, 0.3) is 0 Å². The molecule has 200 valence electrons. The summed E-state index contributed by atoms with van der Waals surface area (Å²) in [6, 6.07) is 11.8. The SMILES string of the molecule is COC(=O)c1cc(-c2ccc(OC)nc2)n(-c2cccnc2)n1.COc1ccc(C(=O)CC(=O)C(=O)O)cn1. The summed E-state index contributed by atoms with van der Waals surface area (Å²) in [7, 11) is 4.30. The van der Waals surface area contributed by atoms with Crippen LogP contribution < -0.4 is 9.47 Å². The van der Waals surface area contributed by atoms with E-state index in [2.05, 4.69) is 20.1 Å². The van der Waals surface area contributed by atoms with Gasteiger partial charge >= 0.3 is 11.9 Å². The second-order valence-electron chi connectivity index (χ2n) is 7.54. The van der Waals surface area contributed by atoms with E-state index < -0.39 is 29.9 Å². The lowest BCUT2D eigenvalue weighted by Crippen LogP contribution is -2.17. The van der Waals surface area contributed by atoms with Crippen molar-refractivity contribution in [2.75, 3.05) is 21.3 Å². The van der Waals surface area contributed by atoms with Crippen molar-refractivity contribution in [1.82, 2.24) is 24.7 Å². The Hall–Kier alpha value is -5.46. The Bertz CT molecular complexity index is 1450. The first kappa shape index (κ1) is 28.1. The maximum Gasteiger partial charge on any atom is 0.372 e. The fourth-order valence-electron chi connectivity index (χ4n) is 3.11. The third-order valence-electron chi connectivity index (χ3n) is 5.06. The van der Waals surface area contributed by atoms with Crippen LogP contribution >= 0.6 is 0 Å². The molecule has 4 heterocycles. The zero-order valence-corrected chi connectivity index (χ0v) is 21.1. The first-order valence-corrected chi connectivity index (χ1v) is 11.2. The van der Waals surface area contributed by atoms with Crippen molar-refractivity contribution < 1.29 is 38.5 Å². The van der Waals surface area contributed by atoms with Crippen LogP contribution in [0.1, 0.15) is 27.3 Å². The zero-order valence-electron chi connectivity index (χ0n) is 21.1. The van der Waals surface area contributed by atoms with Crippen molar-refractivity contribution in [3.8, 4) is 28.7 Å². The molecular weight excluding hydrogens is 510 g/mol. The fourth-order valence-corrected chi connectivity index (χ4v) is 3.11. The minimum Gasteiger partial charge on any atom is -0.481 e. The molecule has 0 bridgehead atoms. The van der Waals surface area contributed by atoms with Gasteiger partial charge < -0.3 is 19.3 Å². The van der Waals surface area contributed by atoms with Crippen LogP contribution in [-0.2, 0) is 14.3 Å². The van der Waals surface area contributed by atoms with Crippen molar-refractivity contribution in [2.45, 2.75) is 6.42 Å². The maximum absolute atomic E-state index is 11.8. The molecule has 4 rings (SSSR count). The van der Waals surface area contributed by atoms with Gasteiger partial charge in [-0.2, -0.15) is 5.10 Å². The lowest BCUT2D eigenvalue weighted by atomic mass is 10.1. The number of rotatable bonds is 9. The molecule has 0 aliphatic heterocycles. The largest absolute Gasteiger partial charge is 0.481 e. The topological polar surface area (TPSA) is 173 Å². The number of ketones is 2. The summed E-state index contributed by atoms with van der Waals surface area (Å²) >= 11 is 0. The summed E-state index contributed by atoms with van der Waals surface area (Å²) in [5.41, 5.74) is 2.61. The Labute approximate surface area is 222 Å². The quantitative estimate of drug-likeness (QED) is 0.144. The van der Waals surface area contributed by atoms with Crippen LogP contribution in [0.5, 0.6) is 11.8 Å². The highest BCUT2D eigenvalue weighted by atomic mass is 16.5. The van der Waals surface area contributed by atoms with Crippen molar-refractivity contribution in [2.24, 2.45) is 0 Å². The molecule has 0 spiro atoms. The first-order valence-electron chi connectivity index (χ1n) is 11.2. The Balaban J connectivity index is 0.000000231. The average Bonchev–Trinajstić information content (AvgIpc) is 3.43. The van der Waals surface area contributed by atoms with Crippen LogP contribution in [0.15, 0.2) is 67.3 Å². The summed E-state index contributed by atoms with van der Waals surface area (Å²) < 4.78 is 16.2. The number of methoxy groups -OCH3 is 3. The van der Waals surface area contributed by atoms with Crippen LogP contribution in [-0.4, -0.2) is 74.7 Å². The highest BCUT2D eigenvalue weighted by molar-refractivity contribution is 6.37. The second kappa shape index (κ2) is 13.2. The molecular formula is C26H23N5O8. The predicted octanol–water partition coefficient (Wildman–Crippen LogP) is 2.44. The van der Waals surface area contributed by atoms with Gasteiger partial charge in [0.05, 0.1) is 45.3 Å². The highest BCUT2D eigenvalue weighted by Crippen LogP contribution is 2.24. The van der Waals surface area contributed by atoms with Crippen molar-refractivity contribution >= 4 is 23.5 Å². The summed E-state index contributed by atoms with van der Waals surface area (Å²) in [6.07, 6.45) is 5.56. The van der Waals surface area contributed by atoms with Gasteiger partial charge in [-0.1, -0.05) is 0 Å². The minimum absolute atomic E-state index is 0.176. The molecule has 0 radical (unpaired) electrons.